The van der Waals surface area contributed by atoms with Crippen LogP contribution in [0.4, 0.5) is 4.79 Å². The summed E-state index contributed by atoms with van der Waals surface area (Å²) >= 11 is 1.37. The number of nitrogens with zero attached hydrogens (tertiary/aromatic N) is 2. The molecule has 0 saturated carbocycles. The molecule has 2 aliphatic rings. The number of fused-ring (bicyclic) bond motifs is 1. The lowest BCUT2D eigenvalue weighted by molar-refractivity contribution is -0.323. The smallest absolute Gasteiger partial charge is 0.410 e. The number of nitriles is 1. The number of thioether (sulfide) groups is 1. The molecule has 0 radical (unpaired) electrons. The van der Waals surface area contributed by atoms with Crippen molar-refractivity contribution in [2.75, 3.05) is 33.7 Å². The molecule has 0 unspecified atom stereocenters. The molecule has 0 bridgehead atoms. The number of ether oxygens (including phenoxy) is 7. The number of hydrogen-bond donors (Lipinski definition) is 0. The number of rotatable bonds is 12. The van der Waals surface area contributed by atoms with Crippen molar-refractivity contribution in [1.29, 1.82) is 5.26 Å². The minimum absolute atomic E-state index is 0.105. The fourth-order valence-corrected chi connectivity index (χ4v) is 6.90. The molecule has 0 aromatic heterocycles. The third kappa shape index (κ3) is 7.23. The molecular formula is C33H44N2O8S. The van der Waals surface area contributed by atoms with Crippen LogP contribution in [0.3, 0.4) is 0 Å². The van der Waals surface area contributed by atoms with E-state index >= 15 is 0 Å². The maximum atomic E-state index is 12.9. The Morgan fingerprint density at radius 1 is 1.23 bits per heavy atom. The third-order valence-electron chi connectivity index (χ3n) is 8.29. The predicted octanol–water partition coefficient (Wildman–Crippen LogP) is 5.29. The van der Waals surface area contributed by atoms with Crippen molar-refractivity contribution in [2.45, 2.75) is 87.6 Å². The Morgan fingerprint density at radius 3 is 2.61 bits per heavy atom. The van der Waals surface area contributed by atoms with Crippen molar-refractivity contribution < 1.29 is 38.0 Å². The van der Waals surface area contributed by atoms with Crippen molar-refractivity contribution in [3.63, 3.8) is 0 Å². The van der Waals surface area contributed by atoms with Gasteiger partial charge in [-0.25, -0.2) is 4.79 Å². The first kappa shape index (κ1) is 34.2. The maximum Gasteiger partial charge on any atom is 0.410 e. The lowest BCUT2D eigenvalue weighted by Crippen LogP contribution is -2.66. The van der Waals surface area contributed by atoms with Crippen LogP contribution in [-0.4, -0.2) is 98.5 Å². The van der Waals surface area contributed by atoms with Gasteiger partial charge < -0.3 is 33.2 Å². The highest BCUT2D eigenvalue weighted by Gasteiger charge is 2.58. The molecule has 2 aliphatic heterocycles. The van der Waals surface area contributed by atoms with Gasteiger partial charge in [-0.1, -0.05) is 49.1 Å². The van der Waals surface area contributed by atoms with Crippen molar-refractivity contribution in [3.05, 3.63) is 60.7 Å². The Morgan fingerprint density at radius 2 is 1.98 bits per heavy atom. The first-order chi connectivity index (χ1) is 21.2. The van der Waals surface area contributed by atoms with Gasteiger partial charge in [0, 0.05) is 26.7 Å². The number of carbonyl (C=O) groups is 1. The molecule has 2 aromatic rings. The molecule has 8 atom stereocenters. The summed E-state index contributed by atoms with van der Waals surface area (Å²) in [5.41, 5.74) is 0.969. The lowest BCUT2D eigenvalue weighted by Gasteiger charge is -2.50. The van der Waals surface area contributed by atoms with Crippen molar-refractivity contribution in [1.82, 2.24) is 4.90 Å². The van der Waals surface area contributed by atoms with Crippen LogP contribution in [0.1, 0.15) is 32.8 Å². The summed E-state index contributed by atoms with van der Waals surface area (Å²) in [5, 5.41) is 12.8. The molecule has 0 N–H and O–H groups in total. The minimum atomic E-state index is -1.09. The van der Waals surface area contributed by atoms with Crippen LogP contribution in [0.2, 0.25) is 0 Å². The molecule has 2 saturated heterocycles. The summed E-state index contributed by atoms with van der Waals surface area (Å²) in [6, 6.07) is 16.2. The Balaban J connectivity index is 1.57. The summed E-state index contributed by atoms with van der Waals surface area (Å²) < 4.78 is 41.4. The normalized spacial score (nSPS) is 30.5. The van der Waals surface area contributed by atoms with E-state index in [1.165, 1.54) is 24.9 Å². The first-order valence-corrected chi connectivity index (χ1v) is 16.0. The van der Waals surface area contributed by atoms with Gasteiger partial charge in [-0.3, -0.25) is 4.90 Å². The number of benzene rings is 2. The van der Waals surface area contributed by atoms with Crippen LogP contribution in [0, 0.1) is 11.3 Å². The van der Waals surface area contributed by atoms with Crippen molar-refractivity contribution in [2.24, 2.45) is 0 Å². The van der Waals surface area contributed by atoms with Gasteiger partial charge in [0.25, 0.3) is 0 Å². The second kappa shape index (κ2) is 15.5. The van der Waals surface area contributed by atoms with Crippen molar-refractivity contribution in [3.8, 4) is 6.07 Å². The predicted molar refractivity (Wildman–Crippen MR) is 168 cm³/mol. The average Bonchev–Trinajstić information content (AvgIpc) is 3.03. The second-order valence-corrected chi connectivity index (χ2v) is 12.3. The Hall–Kier alpha value is -2.69. The average molecular weight is 629 g/mol. The number of carbonyl (C=O) groups excluding carboxylic acids is 1. The second-order valence-electron chi connectivity index (χ2n) is 11.2. The first-order valence-electron chi connectivity index (χ1n) is 14.8. The van der Waals surface area contributed by atoms with Gasteiger partial charge in [-0.05, 0) is 49.4 Å². The van der Waals surface area contributed by atoms with Crippen LogP contribution in [-0.2, 0) is 39.8 Å². The van der Waals surface area contributed by atoms with Crippen molar-refractivity contribution >= 4 is 28.6 Å². The summed E-state index contributed by atoms with van der Waals surface area (Å²) in [4.78, 5) is 14.5. The van der Waals surface area contributed by atoms with E-state index in [2.05, 4.69) is 36.9 Å². The molecule has 44 heavy (non-hydrogen) atoms. The fourth-order valence-electron chi connectivity index (χ4n) is 5.98. The summed E-state index contributed by atoms with van der Waals surface area (Å²) in [5.74, 6) is 0. The molecule has 2 heterocycles. The van der Waals surface area contributed by atoms with Gasteiger partial charge in [0.2, 0.25) is 0 Å². The Kier molecular flexibility index (Phi) is 12.1. The number of methoxy groups -OCH3 is 2. The molecule has 1 amide bonds. The van der Waals surface area contributed by atoms with Crippen LogP contribution in [0.25, 0.3) is 10.8 Å². The van der Waals surface area contributed by atoms with Crippen LogP contribution < -0.4 is 0 Å². The van der Waals surface area contributed by atoms with E-state index in [-0.39, 0.29) is 25.9 Å². The van der Waals surface area contributed by atoms with Crippen LogP contribution in [0.5, 0.6) is 0 Å². The van der Waals surface area contributed by atoms with Gasteiger partial charge in [-0.2, -0.15) is 5.26 Å². The van der Waals surface area contributed by atoms with E-state index in [4.69, 9.17) is 33.2 Å². The van der Waals surface area contributed by atoms with Gasteiger partial charge in [-0.15, -0.1) is 11.8 Å². The lowest BCUT2D eigenvalue weighted by atomic mass is 9.89. The summed E-state index contributed by atoms with van der Waals surface area (Å²) in [6.07, 6.45) is -0.764. The highest BCUT2D eigenvalue weighted by Crippen LogP contribution is 2.43. The fraction of sp³-hybridized carbons (Fsp3) is 0.576. The van der Waals surface area contributed by atoms with Gasteiger partial charge >= 0.3 is 6.09 Å². The zero-order chi connectivity index (χ0) is 31.9. The van der Waals surface area contributed by atoms with Crippen LogP contribution >= 0.6 is 11.8 Å². The molecule has 2 aromatic carbocycles. The molecule has 0 aliphatic carbocycles. The monoisotopic (exact) mass is 628 g/mol. The Labute approximate surface area is 264 Å². The van der Waals surface area contributed by atoms with E-state index < -0.39 is 53.9 Å². The molecule has 2 fully saturated rings. The number of amides is 1. The van der Waals surface area contributed by atoms with Gasteiger partial charge in [0.15, 0.2) is 17.3 Å². The van der Waals surface area contributed by atoms with Gasteiger partial charge in [0.05, 0.1) is 37.5 Å². The highest BCUT2D eigenvalue weighted by molar-refractivity contribution is 8.00. The summed E-state index contributed by atoms with van der Waals surface area (Å²) in [7, 11) is 3.14. The zero-order valence-electron chi connectivity index (χ0n) is 26.3. The zero-order valence-corrected chi connectivity index (χ0v) is 27.2. The molecular weight excluding hydrogens is 584 g/mol. The number of hydrogen-bond acceptors (Lipinski definition) is 10. The quantitative estimate of drug-likeness (QED) is 0.288. The van der Waals surface area contributed by atoms with Gasteiger partial charge in [0.1, 0.15) is 18.8 Å². The topological polar surface area (TPSA) is 109 Å². The standard InChI is InChI=1S/C33H44N2O8S/c1-8-15-39-32(36)35(21(2)3)26-19-40-28(17-27(26)37-5)43-29-30(33(20-34,44-7)22(4)42-31(29)38-6)41-18-23-13-14-24-11-9-10-12-25(24)16-23/h8-14,16,21-22,26-31H,1,15,17-19H2,2-7H3/t22-,26+,27+,28+,29-,30-,31+,33+/m1/s1. The van der Waals surface area contributed by atoms with E-state index in [0.29, 0.717) is 6.42 Å². The van der Waals surface area contributed by atoms with E-state index in [1.54, 1.807) is 12.0 Å². The molecule has 11 heteroatoms. The van der Waals surface area contributed by atoms with E-state index in [1.807, 2.05) is 45.2 Å². The molecule has 240 valence electrons. The highest BCUT2D eigenvalue weighted by atomic mass is 32.2. The largest absolute Gasteiger partial charge is 0.445 e. The third-order valence-corrected chi connectivity index (χ3v) is 9.62. The minimum Gasteiger partial charge on any atom is -0.445 e. The van der Waals surface area contributed by atoms with Crippen LogP contribution in [0.15, 0.2) is 55.1 Å². The van der Waals surface area contributed by atoms with E-state index in [9.17, 15) is 10.1 Å². The SMILES string of the molecule is C=CCOC(=O)N(C(C)C)[C@H]1CO[C@@H](O[C@H]2[C@@H](OC)O[C@H](C)[C@](C#N)(SC)[C@@H]2OCc2ccc3ccccc3c2)C[C@@H]1OC. The maximum absolute atomic E-state index is 12.9. The molecule has 4 rings (SSSR count). The summed E-state index contributed by atoms with van der Waals surface area (Å²) in [6.45, 7) is 9.81. The van der Waals surface area contributed by atoms with E-state index in [0.717, 1.165) is 16.3 Å². The Bertz CT molecular complexity index is 1300. The molecule has 10 nitrogen and oxygen atoms in total. The molecule has 0 spiro atoms.